The number of aryl methyl sites for hydroxylation is 1. The van der Waals surface area contributed by atoms with E-state index >= 15 is 0 Å². The van der Waals surface area contributed by atoms with Crippen LogP contribution in [-0.4, -0.2) is 23.1 Å². The zero-order chi connectivity index (χ0) is 18.7. The topological polar surface area (TPSA) is 49.9 Å². The molecule has 0 bridgehead atoms. The Morgan fingerprint density at radius 3 is 2.33 bits per heavy atom. The SMILES string of the molecule is C=C(NC(C(=C)C)C(C)C)OC.CCCC[C@H](C)c1ncc(C)[nH]1. The molecule has 0 aliphatic carbocycles. The molecule has 0 aliphatic heterocycles. The molecule has 1 aromatic rings. The van der Waals surface area contributed by atoms with Gasteiger partial charge in [0.15, 0.2) is 5.88 Å². The van der Waals surface area contributed by atoms with Gasteiger partial charge in [-0.05, 0) is 32.8 Å². The first-order valence-corrected chi connectivity index (χ1v) is 8.89. The number of nitrogens with one attached hydrogen (secondary N) is 2. The number of aromatic nitrogens is 2. The Morgan fingerprint density at radius 2 is 1.96 bits per heavy atom. The summed E-state index contributed by atoms with van der Waals surface area (Å²) in [6, 6.07) is 0.248. The fourth-order valence-electron chi connectivity index (χ4n) is 2.42. The standard InChI is InChI=1S/C10H18N2.C10H19NO/c1-4-5-6-8(2)10-11-7-9(3)12-10;1-7(2)10(8(3)4)11-9(5)12-6/h7-8H,4-6H2,1-3H3,(H,11,12);8,10-11H,1,5H2,2-4,6H3/t8-;/m0./s1. The fourth-order valence-corrected chi connectivity index (χ4v) is 2.42. The molecule has 0 aliphatic rings. The molecule has 2 atom stereocenters. The smallest absolute Gasteiger partial charge is 0.179 e. The van der Waals surface area contributed by atoms with E-state index in [1.165, 1.54) is 19.3 Å². The van der Waals surface area contributed by atoms with Gasteiger partial charge in [0.1, 0.15) is 5.82 Å². The molecule has 4 nitrogen and oxygen atoms in total. The Kier molecular flexibility index (Phi) is 10.9. The number of H-pyrrole nitrogens is 1. The molecule has 138 valence electrons. The number of hydrogen-bond donors (Lipinski definition) is 2. The van der Waals surface area contributed by atoms with Crippen molar-refractivity contribution in [3.8, 4) is 0 Å². The summed E-state index contributed by atoms with van der Waals surface area (Å²) < 4.78 is 4.93. The lowest BCUT2D eigenvalue weighted by Gasteiger charge is -2.23. The van der Waals surface area contributed by atoms with Crippen LogP contribution in [0.3, 0.4) is 0 Å². The van der Waals surface area contributed by atoms with Crippen LogP contribution in [0, 0.1) is 12.8 Å². The zero-order valence-electron chi connectivity index (χ0n) is 16.7. The molecule has 0 spiro atoms. The van der Waals surface area contributed by atoms with Crippen molar-refractivity contribution in [3.05, 3.63) is 42.3 Å². The van der Waals surface area contributed by atoms with Gasteiger partial charge in [0.2, 0.25) is 0 Å². The highest BCUT2D eigenvalue weighted by Gasteiger charge is 2.13. The maximum atomic E-state index is 4.93. The highest BCUT2D eigenvalue weighted by molar-refractivity contribution is 5.06. The van der Waals surface area contributed by atoms with E-state index in [0.29, 0.717) is 17.7 Å². The predicted molar refractivity (Wildman–Crippen MR) is 104 cm³/mol. The van der Waals surface area contributed by atoms with Crippen LogP contribution in [0.1, 0.15) is 71.3 Å². The third-order valence-electron chi connectivity index (χ3n) is 3.94. The average Bonchev–Trinajstić information content (AvgIpc) is 2.96. The van der Waals surface area contributed by atoms with Gasteiger partial charge in [-0.2, -0.15) is 0 Å². The summed E-state index contributed by atoms with van der Waals surface area (Å²) >= 11 is 0. The molecule has 1 heterocycles. The number of unbranched alkanes of at least 4 members (excludes halogenated alkanes) is 1. The molecule has 0 aromatic carbocycles. The van der Waals surface area contributed by atoms with E-state index in [2.05, 4.69) is 56.1 Å². The summed E-state index contributed by atoms with van der Waals surface area (Å²) in [4.78, 5) is 7.59. The fraction of sp³-hybridized carbons (Fsp3) is 0.650. The molecule has 1 unspecified atom stereocenters. The molecule has 24 heavy (non-hydrogen) atoms. The van der Waals surface area contributed by atoms with E-state index in [0.717, 1.165) is 17.1 Å². The first kappa shape index (κ1) is 22.3. The second-order valence-corrected chi connectivity index (χ2v) is 6.83. The number of aromatic amines is 1. The first-order valence-electron chi connectivity index (χ1n) is 8.89. The zero-order valence-corrected chi connectivity index (χ0v) is 16.7. The van der Waals surface area contributed by atoms with Gasteiger partial charge < -0.3 is 15.0 Å². The lowest BCUT2D eigenvalue weighted by atomic mass is 9.98. The minimum Gasteiger partial charge on any atom is -0.483 e. The molecule has 0 fully saturated rings. The summed E-state index contributed by atoms with van der Waals surface area (Å²) in [6.45, 7) is 20.4. The number of imidazole rings is 1. The van der Waals surface area contributed by atoms with E-state index in [1.807, 2.05) is 20.0 Å². The van der Waals surface area contributed by atoms with Gasteiger partial charge in [-0.15, -0.1) is 0 Å². The van der Waals surface area contributed by atoms with Crippen molar-refractivity contribution in [1.82, 2.24) is 15.3 Å². The second-order valence-electron chi connectivity index (χ2n) is 6.83. The Balaban J connectivity index is 0.000000441. The van der Waals surface area contributed by atoms with Crippen molar-refractivity contribution in [3.63, 3.8) is 0 Å². The van der Waals surface area contributed by atoms with Crippen LogP contribution in [-0.2, 0) is 4.74 Å². The van der Waals surface area contributed by atoms with Gasteiger partial charge in [-0.1, -0.05) is 52.7 Å². The largest absolute Gasteiger partial charge is 0.483 e. The van der Waals surface area contributed by atoms with Crippen molar-refractivity contribution in [2.75, 3.05) is 7.11 Å². The van der Waals surface area contributed by atoms with Gasteiger partial charge in [0, 0.05) is 17.8 Å². The highest BCUT2D eigenvalue weighted by atomic mass is 16.5. The molecular formula is C20H37N3O. The Labute approximate surface area is 148 Å². The first-order chi connectivity index (χ1) is 11.2. The van der Waals surface area contributed by atoms with Gasteiger partial charge in [0.05, 0.1) is 13.2 Å². The summed E-state index contributed by atoms with van der Waals surface area (Å²) in [5.74, 6) is 2.81. The van der Waals surface area contributed by atoms with Crippen LogP contribution >= 0.6 is 0 Å². The van der Waals surface area contributed by atoms with E-state index in [1.54, 1.807) is 7.11 Å². The molecule has 0 saturated carbocycles. The molecule has 1 aromatic heterocycles. The summed E-state index contributed by atoms with van der Waals surface area (Å²) in [5.41, 5.74) is 2.26. The van der Waals surface area contributed by atoms with Crippen molar-refractivity contribution >= 4 is 0 Å². The second kappa shape index (κ2) is 11.8. The quantitative estimate of drug-likeness (QED) is 0.475. The van der Waals surface area contributed by atoms with Crippen LogP contribution in [0.25, 0.3) is 0 Å². The molecule has 1 rings (SSSR count). The number of hydrogen-bond acceptors (Lipinski definition) is 3. The number of nitrogens with zero attached hydrogens (tertiary/aromatic N) is 1. The van der Waals surface area contributed by atoms with E-state index in [4.69, 9.17) is 4.74 Å². The van der Waals surface area contributed by atoms with Crippen molar-refractivity contribution in [2.24, 2.45) is 5.92 Å². The maximum absolute atomic E-state index is 4.93. The maximum Gasteiger partial charge on any atom is 0.179 e. The van der Waals surface area contributed by atoms with Gasteiger partial charge in [-0.3, -0.25) is 0 Å². The van der Waals surface area contributed by atoms with Crippen LogP contribution in [0.5, 0.6) is 0 Å². The molecule has 2 N–H and O–H groups in total. The Morgan fingerprint density at radius 1 is 1.33 bits per heavy atom. The average molecular weight is 336 g/mol. The minimum absolute atomic E-state index is 0.248. The van der Waals surface area contributed by atoms with Gasteiger partial charge in [0.25, 0.3) is 0 Å². The molecular weight excluding hydrogens is 298 g/mol. The van der Waals surface area contributed by atoms with Crippen LogP contribution in [0.4, 0.5) is 0 Å². The van der Waals surface area contributed by atoms with Crippen LogP contribution in [0.15, 0.2) is 30.8 Å². The summed E-state index contributed by atoms with van der Waals surface area (Å²) in [7, 11) is 1.60. The minimum atomic E-state index is 0.248. The van der Waals surface area contributed by atoms with Gasteiger partial charge in [-0.25, -0.2) is 4.98 Å². The van der Waals surface area contributed by atoms with E-state index in [-0.39, 0.29) is 6.04 Å². The van der Waals surface area contributed by atoms with E-state index < -0.39 is 0 Å². The highest BCUT2D eigenvalue weighted by Crippen LogP contribution is 2.17. The lowest BCUT2D eigenvalue weighted by molar-refractivity contribution is 0.246. The number of methoxy groups -OCH3 is 1. The molecule has 0 radical (unpaired) electrons. The molecule has 4 heteroatoms. The Bertz CT molecular complexity index is 491. The third-order valence-corrected chi connectivity index (χ3v) is 3.94. The van der Waals surface area contributed by atoms with Crippen molar-refractivity contribution in [2.45, 2.75) is 72.8 Å². The Hall–Kier alpha value is -1.71. The monoisotopic (exact) mass is 335 g/mol. The summed E-state index contributed by atoms with van der Waals surface area (Å²) in [5, 5.41) is 3.15. The lowest BCUT2D eigenvalue weighted by Crippen LogP contribution is -2.34. The van der Waals surface area contributed by atoms with E-state index in [9.17, 15) is 0 Å². The van der Waals surface area contributed by atoms with Crippen molar-refractivity contribution < 1.29 is 4.74 Å². The van der Waals surface area contributed by atoms with Crippen LogP contribution in [0.2, 0.25) is 0 Å². The number of ether oxygens (including phenoxy) is 1. The van der Waals surface area contributed by atoms with Crippen LogP contribution < -0.4 is 5.32 Å². The normalized spacial score (nSPS) is 12.8. The van der Waals surface area contributed by atoms with Crippen molar-refractivity contribution in [1.29, 1.82) is 0 Å². The predicted octanol–water partition coefficient (Wildman–Crippen LogP) is 5.31. The summed E-state index contributed by atoms with van der Waals surface area (Å²) in [6.07, 6.45) is 5.70. The number of rotatable bonds is 9. The molecule has 0 saturated heterocycles. The third kappa shape index (κ3) is 8.80. The molecule has 0 amide bonds. The van der Waals surface area contributed by atoms with Gasteiger partial charge >= 0.3 is 0 Å².